The number of H-pyrrole nitrogens is 1. The number of aromatic nitrogens is 3. The van der Waals surface area contributed by atoms with E-state index in [1.165, 1.54) is 27.6 Å². The number of aryl methyl sites for hydroxylation is 3. The number of fused-ring (bicyclic) bond motifs is 1. The molecule has 0 atom stereocenters. The molecular formula is C23H25N5. The summed E-state index contributed by atoms with van der Waals surface area (Å²) in [6.45, 7) is 6.93. The second-order valence-corrected chi connectivity index (χ2v) is 7.11. The van der Waals surface area contributed by atoms with Gasteiger partial charge in [0.05, 0.1) is 0 Å². The number of para-hydroxylation sites is 2. The third-order valence-electron chi connectivity index (χ3n) is 4.95. The Morgan fingerprint density at radius 1 is 0.893 bits per heavy atom. The van der Waals surface area contributed by atoms with Crippen LogP contribution < -0.4 is 10.6 Å². The molecule has 0 fully saturated rings. The average molecular weight is 371 g/mol. The van der Waals surface area contributed by atoms with Gasteiger partial charge in [0.25, 0.3) is 0 Å². The Labute approximate surface area is 165 Å². The maximum atomic E-state index is 4.54. The van der Waals surface area contributed by atoms with Gasteiger partial charge < -0.3 is 15.6 Å². The van der Waals surface area contributed by atoms with Gasteiger partial charge in [-0.25, -0.2) is 9.97 Å². The lowest BCUT2D eigenvalue weighted by atomic mass is 10.1. The minimum Gasteiger partial charge on any atom is -0.370 e. The molecule has 4 rings (SSSR count). The molecule has 5 nitrogen and oxygen atoms in total. The highest BCUT2D eigenvalue weighted by Gasteiger charge is 2.07. The van der Waals surface area contributed by atoms with E-state index in [4.69, 9.17) is 0 Å². The molecule has 142 valence electrons. The van der Waals surface area contributed by atoms with E-state index < -0.39 is 0 Å². The highest BCUT2D eigenvalue weighted by atomic mass is 15.1. The van der Waals surface area contributed by atoms with Crippen molar-refractivity contribution in [3.05, 3.63) is 77.2 Å². The zero-order valence-electron chi connectivity index (χ0n) is 16.5. The van der Waals surface area contributed by atoms with Gasteiger partial charge >= 0.3 is 0 Å². The largest absolute Gasteiger partial charge is 0.370 e. The first-order chi connectivity index (χ1) is 13.6. The Hall–Kier alpha value is -3.34. The van der Waals surface area contributed by atoms with Gasteiger partial charge in [-0.3, -0.25) is 0 Å². The first-order valence-electron chi connectivity index (χ1n) is 9.58. The van der Waals surface area contributed by atoms with E-state index in [0.717, 1.165) is 36.1 Å². The van der Waals surface area contributed by atoms with Crippen LogP contribution in [0.2, 0.25) is 0 Å². The second-order valence-electron chi connectivity index (χ2n) is 7.11. The fourth-order valence-electron chi connectivity index (χ4n) is 3.53. The molecule has 0 radical (unpaired) electrons. The van der Waals surface area contributed by atoms with Gasteiger partial charge in [0.15, 0.2) is 0 Å². The van der Waals surface area contributed by atoms with Crippen LogP contribution in [0.25, 0.3) is 10.9 Å². The normalized spacial score (nSPS) is 11.0. The van der Waals surface area contributed by atoms with Crippen molar-refractivity contribution in [2.45, 2.75) is 27.2 Å². The first kappa shape index (κ1) is 18.0. The van der Waals surface area contributed by atoms with Crippen LogP contribution in [0.3, 0.4) is 0 Å². The predicted octanol–water partition coefficient (Wildman–Crippen LogP) is 5.28. The summed E-state index contributed by atoms with van der Waals surface area (Å²) in [4.78, 5) is 12.4. The van der Waals surface area contributed by atoms with E-state index in [0.29, 0.717) is 0 Å². The Bertz CT molecular complexity index is 1090. The quantitative estimate of drug-likeness (QED) is 0.431. The van der Waals surface area contributed by atoms with Crippen molar-refractivity contribution in [2.75, 3.05) is 17.2 Å². The lowest BCUT2D eigenvalue weighted by Gasteiger charge is -2.14. The van der Waals surface area contributed by atoms with Gasteiger partial charge in [-0.2, -0.15) is 0 Å². The van der Waals surface area contributed by atoms with Crippen LogP contribution >= 0.6 is 0 Å². The summed E-state index contributed by atoms with van der Waals surface area (Å²) in [5, 5.41) is 8.17. The van der Waals surface area contributed by atoms with Gasteiger partial charge in [0, 0.05) is 35.4 Å². The van der Waals surface area contributed by atoms with Crippen molar-refractivity contribution in [3.8, 4) is 0 Å². The second kappa shape index (κ2) is 7.72. The van der Waals surface area contributed by atoms with Crippen LogP contribution in [0.1, 0.15) is 22.5 Å². The van der Waals surface area contributed by atoms with Gasteiger partial charge in [-0.15, -0.1) is 0 Å². The third-order valence-corrected chi connectivity index (χ3v) is 4.95. The molecule has 0 aliphatic carbocycles. The standard InChI is InChI=1S/C23H25N5/c1-15-7-6-8-16(2)23(15)28-22-13-21(26-17(3)27-22)24-12-11-18-14-25-20-10-5-4-9-19(18)20/h4-10,13-14,25H,11-12H2,1-3H3,(H2,24,26,27,28). The van der Waals surface area contributed by atoms with Crippen molar-refractivity contribution < 1.29 is 0 Å². The summed E-state index contributed by atoms with van der Waals surface area (Å²) >= 11 is 0. The SMILES string of the molecule is Cc1nc(NCCc2c[nH]c3ccccc23)cc(Nc2c(C)cccc2C)n1. The minimum absolute atomic E-state index is 0.742. The molecule has 5 heteroatoms. The summed E-state index contributed by atoms with van der Waals surface area (Å²) in [5.74, 6) is 2.38. The number of nitrogens with zero attached hydrogens (tertiary/aromatic N) is 2. The fraction of sp³-hybridized carbons (Fsp3) is 0.217. The minimum atomic E-state index is 0.742. The van der Waals surface area contributed by atoms with Crippen molar-refractivity contribution in [2.24, 2.45) is 0 Å². The topological polar surface area (TPSA) is 65.6 Å². The molecule has 2 aromatic heterocycles. The number of nitrogens with one attached hydrogen (secondary N) is 3. The van der Waals surface area contributed by atoms with Crippen LogP contribution in [0.4, 0.5) is 17.3 Å². The molecule has 0 saturated heterocycles. The summed E-state index contributed by atoms with van der Waals surface area (Å²) in [5.41, 5.74) is 5.98. The molecule has 0 amide bonds. The molecule has 2 aromatic carbocycles. The lowest BCUT2D eigenvalue weighted by Crippen LogP contribution is -2.08. The molecule has 0 aliphatic rings. The molecule has 3 N–H and O–H groups in total. The van der Waals surface area contributed by atoms with E-state index in [-0.39, 0.29) is 0 Å². The smallest absolute Gasteiger partial charge is 0.136 e. The molecule has 28 heavy (non-hydrogen) atoms. The molecule has 0 spiro atoms. The van der Waals surface area contributed by atoms with E-state index in [1.54, 1.807) is 0 Å². The maximum absolute atomic E-state index is 4.54. The number of hydrogen-bond acceptors (Lipinski definition) is 4. The van der Waals surface area contributed by atoms with Crippen LogP contribution in [0, 0.1) is 20.8 Å². The van der Waals surface area contributed by atoms with E-state index in [9.17, 15) is 0 Å². The number of anilines is 3. The Balaban J connectivity index is 1.46. The van der Waals surface area contributed by atoms with Crippen molar-refractivity contribution >= 4 is 28.2 Å². The lowest BCUT2D eigenvalue weighted by molar-refractivity contribution is 0.987. The van der Waals surface area contributed by atoms with Crippen molar-refractivity contribution in [1.29, 1.82) is 0 Å². The molecule has 0 unspecified atom stereocenters. The average Bonchev–Trinajstić information content (AvgIpc) is 3.08. The number of hydrogen-bond donors (Lipinski definition) is 3. The molecule has 0 aliphatic heterocycles. The molecule has 4 aromatic rings. The number of rotatable bonds is 6. The van der Waals surface area contributed by atoms with Gasteiger partial charge in [-0.05, 0) is 49.9 Å². The van der Waals surface area contributed by atoms with E-state index in [1.807, 2.05) is 13.0 Å². The van der Waals surface area contributed by atoms with Crippen molar-refractivity contribution in [1.82, 2.24) is 15.0 Å². The molecule has 0 saturated carbocycles. The first-order valence-corrected chi connectivity index (χ1v) is 9.58. The van der Waals surface area contributed by atoms with E-state index >= 15 is 0 Å². The number of benzene rings is 2. The zero-order valence-corrected chi connectivity index (χ0v) is 16.5. The zero-order chi connectivity index (χ0) is 19.5. The summed E-state index contributed by atoms with van der Waals surface area (Å²) in [7, 11) is 0. The van der Waals surface area contributed by atoms with Crippen molar-refractivity contribution in [3.63, 3.8) is 0 Å². The Morgan fingerprint density at radius 3 is 2.46 bits per heavy atom. The van der Waals surface area contributed by atoms with E-state index in [2.05, 4.69) is 88.1 Å². The van der Waals surface area contributed by atoms with Gasteiger partial charge in [0.2, 0.25) is 0 Å². The van der Waals surface area contributed by atoms with Gasteiger partial charge in [-0.1, -0.05) is 36.4 Å². The van der Waals surface area contributed by atoms with Crippen LogP contribution in [-0.2, 0) is 6.42 Å². The summed E-state index contributed by atoms with van der Waals surface area (Å²) in [6.07, 6.45) is 3.01. The summed E-state index contributed by atoms with van der Waals surface area (Å²) < 4.78 is 0. The van der Waals surface area contributed by atoms with Crippen LogP contribution in [0.5, 0.6) is 0 Å². The molecule has 0 bridgehead atoms. The Morgan fingerprint density at radius 2 is 1.64 bits per heavy atom. The van der Waals surface area contributed by atoms with Crippen LogP contribution in [-0.4, -0.2) is 21.5 Å². The highest BCUT2D eigenvalue weighted by Crippen LogP contribution is 2.24. The monoisotopic (exact) mass is 371 g/mol. The summed E-state index contributed by atoms with van der Waals surface area (Å²) in [6, 6.07) is 16.6. The van der Waals surface area contributed by atoms with Gasteiger partial charge in [0.1, 0.15) is 17.5 Å². The Kier molecular flexibility index (Phi) is 4.98. The number of aromatic amines is 1. The fourth-order valence-corrected chi connectivity index (χ4v) is 3.53. The van der Waals surface area contributed by atoms with Crippen LogP contribution in [0.15, 0.2) is 54.7 Å². The third kappa shape index (κ3) is 3.83. The predicted molar refractivity (Wildman–Crippen MR) is 116 cm³/mol. The maximum Gasteiger partial charge on any atom is 0.136 e. The highest BCUT2D eigenvalue weighted by molar-refractivity contribution is 5.83. The molecule has 2 heterocycles. The molecular weight excluding hydrogens is 346 g/mol.